The van der Waals surface area contributed by atoms with Crippen LogP contribution in [0.3, 0.4) is 0 Å². The van der Waals surface area contributed by atoms with Crippen molar-refractivity contribution in [2.75, 3.05) is 0 Å². The molecule has 0 aliphatic heterocycles. The molecule has 0 saturated carbocycles. The Morgan fingerprint density at radius 2 is 1.11 bits per heavy atom. The molecule has 100 valence electrons. The summed E-state index contributed by atoms with van der Waals surface area (Å²) < 4.78 is 0. The monoisotopic (exact) mass is 270 g/mol. The minimum absolute atomic E-state index is 1.13. The van der Waals surface area contributed by atoms with Crippen LogP contribution in [-0.2, 0) is 0 Å². The third kappa shape index (κ3) is 6.68. The van der Waals surface area contributed by atoms with Gasteiger partial charge in [0.05, 0.1) is 0 Å². The van der Waals surface area contributed by atoms with Gasteiger partial charge in [-0.3, -0.25) is 0 Å². The second-order valence-electron chi connectivity index (χ2n) is 3.79. The van der Waals surface area contributed by atoms with Crippen molar-refractivity contribution in [2.45, 2.75) is 13.8 Å². The second-order valence-corrected chi connectivity index (χ2v) is 4.88. The van der Waals surface area contributed by atoms with Crippen molar-refractivity contribution in [2.24, 2.45) is 0 Å². The molecule has 0 aliphatic carbocycles. The smallest absolute Gasteiger partial charge is 0.0151 e. The Hall–Kier alpha value is -1.73. The molecule has 0 aromatic heterocycles. The normalized spacial score (nSPS) is 14.0. The number of hydrogen-bond acceptors (Lipinski definition) is 1. The molecule has 0 aliphatic rings. The summed E-state index contributed by atoms with van der Waals surface area (Å²) in [6, 6.07) is 0. The van der Waals surface area contributed by atoms with Gasteiger partial charge in [-0.1, -0.05) is 74.5 Å². The summed E-state index contributed by atoms with van der Waals surface area (Å²) in [5.74, 6) is 0. The van der Waals surface area contributed by atoms with E-state index in [0.29, 0.717) is 0 Å². The zero-order valence-corrected chi connectivity index (χ0v) is 12.7. The van der Waals surface area contributed by atoms with Crippen LogP contribution in [-0.4, -0.2) is 0 Å². The third-order valence-electron chi connectivity index (χ3n) is 2.38. The van der Waals surface area contributed by atoms with Crippen LogP contribution in [0.25, 0.3) is 0 Å². The van der Waals surface area contributed by atoms with Crippen LogP contribution in [0.1, 0.15) is 13.8 Å². The van der Waals surface area contributed by atoms with Crippen molar-refractivity contribution >= 4 is 11.8 Å². The summed E-state index contributed by atoms with van der Waals surface area (Å²) in [6.45, 7) is 19.1. The molecule has 0 saturated heterocycles. The van der Waals surface area contributed by atoms with E-state index in [0.717, 1.165) is 21.0 Å². The highest BCUT2D eigenvalue weighted by molar-refractivity contribution is 8.07. The molecule has 0 nitrogen and oxygen atoms in total. The fraction of sp³-hybridized carbons (Fsp3) is 0.111. The van der Waals surface area contributed by atoms with Crippen LogP contribution in [0.4, 0.5) is 0 Å². The Morgan fingerprint density at radius 3 is 1.37 bits per heavy atom. The molecule has 0 fully saturated rings. The van der Waals surface area contributed by atoms with Crippen molar-refractivity contribution in [3.63, 3.8) is 0 Å². The zero-order chi connectivity index (χ0) is 14.7. The van der Waals surface area contributed by atoms with Gasteiger partial charge in [-0.2, -0.15) is 0 Å². The largest absolute Gasteiger partial charge is 0.0991 e. The van der Waals surface area contributed by atoms with Gasteiger partial charge in [0.1, 0.15) is 0 Å². The third-order valence-corrected chi connectivity index (χ3v) is 3.73. The van der Waals surface area contributed by atoms with Gasteiger partial charge in [-0.25, -0.2) is 0 Å². The number of thioether (sulfide) groups is 1. The van der Waals surface area contributed by atoms with Gasteiger partial charge in [0.25, 0.3) is 0 Å². The minimum atomic E-state index is 1.13. The summed E-state index contributed by atoms with van der Waals surface area (Å²) in [5.41, 5.74) is 2.26. The van der Waals surface area contributed by atoms with Gasteiger partial charge in [0.15, 0.2) is 0 Å². The first-order valence-corrected chi connectivity index (χ1v) is 6.85. The lowest BCUT2D eigenvalue weighted by molar-refractivity contribution is 1.50. The van der Waals surface area contributed by atoms with Crippen LogP contribution in [0.15, 0.2) is 95.9 Å². The fourth-order valence-corrected chi connectivity index (χ4v) is 2.14. The number of allylic oxidation sites excluding steroid dienone is 10. The van der Waals surface area contributed by atoms with E-state index in [1.165, 1.54) is 0 Å². The highest BCUT2D eigenvalue weighted by atomic mass is 32.2. The van der Waals surface area contributed by atoms with Crippen LogP contribution in [0.2, 0.25) is 0 Å². The molecule has 0 amide bonds. The molecule has 0 atom stereocenters. The van der Waals surface area contributed by atoms with Crippen molar-refractivity contribution in [3.05, 3.63) is 95.9 Å². The summed E-state index contributed by atoms with van der Waals surface area (Å²) in [6.07, 6.45) is 15.2. The van der Waals surface area contributed by atoms with Crippen LogP contribution in [0.5, 0.6) is 0 Å². The summed E-state index contributed by atoms with van der Waals surface area (Å²) in [4.78, 5) is 2.28. The highest BCUT2D eigenvalue weighted by Crippen LogP contribution is 2.32. The fourth-order valence-electron chi connectivity index (χ4n) is 1.12. The molecule has 19 heavy (non-hydrogen) atoms. The molecule has 1 heteroatoms. The number of rotatable bonds is 8. The summed E-state index contributed by atoms with van der Waals surface area (Å²) >= 11 is 1.68. The number of hydrogen-bond donors (Lipinski definition) is 0. The van der Waals surface area contributed by atoms with E-state index in [1.807, 2.05) is 50.3 Å². The predicted octanol–water partition coefficient (Wildman–Crippen LogP) is 6.12. The van der Waals surface area contributed by atoms with Crippen molar-refractivity contribution in [1.82, 2.24) is 0 Å². The summed E-state index contributed by atoms with van der Waals surface area (Å²) in [5, 5.41) is 0. The lowest BCUT2D eigenvalue weighted by atomic mass is 10.2. The molecule has 0 aromatic rings. The van der Waals surface area contributed by atoms with Crippen molar-refractivity contribution in [3.8, 4) is 0 Å². The molecule has 0 heterocycles. The molecule has 0 unspecified atom stereocenters. The van der Waals surface area contributed by atoms with Crippen molar-refractivity contribution < 1.29 is 0 Å². The average Bonchev–Trinajstić information content (AvgIpc) is 2.44. The standard InChI is InChI=1S/C18H22S/c1-7-11-13-17(15(5)9-3)19-18(14-12-8-2)16(6)10-4/h7-14H,1-4H2,5-6H3/b13-11-,14-12-,17-15+,18-16+. The lowest BCUT2D eigenvalue weighted by Crippen LogP contribution is -1.83. The maximum Gasteiger partial charge on any atom is 0.0151 e. The van der Waals surface area contributed by atoms with Gasteiger partial charge in [0.2, 0.25) is 0 Å². The first-order valence-electron chi connectivity index (χ1n) is 6.03. The average molecular weight is 270 g/mol. The topological polar surface area (TPSA) is 0 Å². The quantitative estimate of drug-likeness (QED) is 0.478. The zero-order valence-electron chi connectivity index (χ0n) is 11.9. The van der Waals surface area contributed by atoms with Crippen LogP contribution < -0.4 is 0 Å². The van der Waals surface area contributed by atoms with E-state index in [1.54, 1.807) is 23.9 Å². The van der Waals surface area contributed by atoms with E-state index in [4.69, 9.17) is 0 Å². The maximum absolute atomic E-state index is 3.82. The summed E-state index contributed by atoms with van der Waals surface area (Å²) in [7, 11) is 0. The molecular weight excluding hydrogens is 248 g/mol. The Bertz CT molecular complexity index is 424. The highest BCUT2D eigenvalue weighted by Gasteiger charge is 2.03. The molecular formula is C18H22S. The molecule has 0 spiro atoms. The molecule has 0 rings (SSSR count). The van der Waals surface area contributed by atoms with E-state index < -0.39 is 0 Å². The maximum atomic E-state index is 3.82. The molecule has 0 N–H and O–H groups in total. The molecule has 0 radical (unpaired) electrons. The Morgan fingerprint density at radius 1 is 0.737 bits per heavy atom. The molecule has 0 bridgehead atoms. The van der Waals surface area contributed by atoms with E-state index in [-0.39, 0.29) is 0 Å². The van der Waals surface area contributed by atoms with Gasteiger partial charge in [-0.15, -0.1) is 0 Å². The van der Waals surface area contributed by atoms with Gasteiger partial charge < -0.3 is 0 Å². The van der Waals surface area contributed by atoms with Crippen LogP contribution >= 0.6 is 11.8 Å². The van der Waals surface area contributed by atoms with Gasteiger partial charge >= 0.3 is 0 Å². The first kappa shape index (κ1) is 17.3. The van der Waals surface area contributed by atoms with Crippen molar-refractivity contribution in [1.29, 1.82) is 0 Å². The predicted molar refractivity (Wildman–Crippen MR) is 92.1 cm³/mol. The molecule has 0 aromatic carbocycles. The van der Waals surface area contributed by atoms with Gasteiger partial charge in [0, 0.05) is 9.81 Å². The SMILES string of the molecule is C=C/C=C\C(SC(/C=C\C=C)=C(\C)C=C)=C(\C)C=C. The van der Waals surface area contributed by atoms with Gasteiger partial charge in [-0.05, 0) is 37.1 Å². The minimum Gasteiger partial charge on any atom is -0.0991 e. The Kier molecular flexibility index (Phi) is 9.29. The van der Waals surface area contributed by atoms with E-state index in [2.05, 4.69) is 26.3 Å². The van der Waals surface area contributed by atoms with E-state index in [9.17, 15) is 0 Å². The first-order chi connectivity index (χ1) is 9.10. The second kappa shape index (κ2) is 10.2. The Balaban J connectivity index is 5.51. The van der Waals surface area contributed by atoms with Crippen LogP contribution in [0, 0.1) is 0 Å². The lowest BCUT2D eigenvalue weighted by Gasteiger charge is -2.08. The van der Waals surface area contributed by atoms with E-state index >= 15 is 0 Å². The Labute approximate surface area is 122 Å².